The molecule has 0 spiro atoms. The molecule has 2 aliphatic heterocycles. The van der Waals surface area contributed by atoms with Crippen LogP contribution in [0.3, 0.4) is 0 Å². The molecule has 0 radical (unpaired) electrons. The minimum atomic E-state index is -1.03. The lowest BCUT2D eigenvalue weighted by molar-refractivity contribution is -0.0770. The van der Waals surface area contributed by atoms with Crippen LogP contribution in [0.25, 0.3) is 0 Å². The number of nitrogens with one attached hydrogen (secondary N) is 1. The third-order valence-corrected chi connectivity index (χ3v) is 4.13. The molecule has 2 N–H and O–H groups in total. The summed E-state index contributed by atoms with van der Waals surface area (Å²) < 4.78 is 11.1. The highest BCUT2D eigenvalue weighted by Gasteiger charge is 2.40. The van der Waals surface area contributed by atoms with E-state index in [1.54, 1.807) is 0 Å². The summed E-state index contributed by atoms with van der Waals surface area (Å²) >= 11 is 0. The van der Waals surface area contributed by atoms with Gasteiger partial charge in [0.2, 0.25) is 5.82 Å². The lowest BCUT2D eigenvalue weighted by Gasteiger charge is -2.31. The Morgan fingerprint density at radius 2 is 2.16 bits per heavy atom. The maximum Gasteiger partial charge on any atom is 0.260 e. The summed E-state index contributed by atoms with van der Waals surface area (Å²) in [5.41, 5.74) is -1.51. The van der Waals surface area contributed by atoms with Crippen molar-refractivity contribution in [3.63, 3.8) is 0 Å². The molecule has 6 heteroatoms. The Hall–Kier alpha value is -0.980. The van der Waals surface area contributed by atoms with Crippen molar-refractivity contribution in [1.82, 2.24) is 15.5 Å². The van der Waals surface area contributed by atoms with Crippen LogP contribution in [0.1, 0.15) is 50.7 Å². The smallest absolute Gasteiger partial charge is 0.260 e. The molecular formula is C13H21N3O3. The molecule has 2 unspecified atom stereocenters. The number of ether oxygens (including phenoxy) is 1. The van der Waals surface area contributed by atoms with Crippen LogP contribution in [0.2, 0.25) is 0 Å². The van der Waals surface area contributed by atoms with Gasteiger partial charge < -0.3 is 19.7 Å². The molecule has 0 aliphatic carbocycles. The minimum absolute atomic E-state index is 0.310. The predicted molar refractivity (Wildman–Crippen MR) is 67.5 cm³/mol. The van der Waals surface area contributed by atoms with Crippen molar-refractivity contribution >= 4 is 0 Å². The van der Waals surface area contributed by atoms with Crippen molar-refractivity contribution in [2.45, 2.75) is 50.2 Å². The number of aromatic nitrogens is 2. The predicted octanol–water partition coefficient (Wildman–Crippen LogP) is 1.06. The average Bonchev–Trinajstić information content (AvgIpc) is 2.91. The lowest BCUT2D eigenvalue weighted by atomic mass is 9.93. The summed E-state index contributed by atoms with van der Waals surface area (Å²) in [6.07, 6.45) is 4.63. The molecule has 19 heavy (non-hydrogen) atoms. The van der Waals surface area contributed by atoms with Gasteiger partial charge in [0, 0.05) is 13.2 Å². The fourth-order valence-corrected chi connectivity index (χ4v) is 2.81. The number of piperidine rings is 1. The molecule has 1 aromatic heterocycles. The molecule has 0 amide bonds. The Morgan fingerprint density at radius 1 is 1.26 bits per heavy atom. The molecule has 3 rings (SSSR count). The van der Waals surface area contributed by atoms with Gasteiger partial charge in [0.05, 0.1) is 0 Å². The molecule has 2 atom stereocenters. The van der Waals surface area contributed by atoms with Crippen LogP contribution in [0, 0.1) is 0 Å². The number of hydrogen-bond donors (Lipinski definition) is 2. The highest BCUT2D eigenvalue weighted by Crippen LogP contribution is 2.34. The van der Waals surface area contributed by atoms with Gasteiger partial charge in [0.15, 0.2) is 5.60 Å². The first-order chi connectivity index (χ1) is 9.12. The molecule has 106 valence electrons. The molecule has 3 heterocycles. The molecular weight excluding hydrogens is 246 g/mol. The van der Waals surface area contributed by atoms with Gasteiger partial charge in [-0.05, 0) is 45.6 Å². The van der Waals surface area contributed by atoms with Crippen molar-refractivity contribution in [3.8, 4) is 0 Å². The summed E-state index contributed by atoms with van der Waals surface area (Å²) in [5, 5.41) is 17.7. The van der Waals surface area contributed by atoms with E-state index in [-0.39, 0.29) is 0 Å². The van der Waals surface area contributed by atoms with Gasteiger partial charge in [0.25, 0.3) is 5.89 Å². The molecule has 6 nitrogen and oxygen atoms in total. The van der Waals surface area contributed by atoms with Crippen molar-refractivity contribution < 1.29 is 14.4 Å². The molecule has 1 aromatic rings. The van der Waals surface area contributed by atoms with E-state index in [1.165, 1.54) is 0 Å². The first kappa shape index (κ1) is 13.0. The van der Waals surface area contributed by atoms with Crippen LogP contribution in [0.5, 0.6) is 0 Å². The maximum absolute atomic E-state index is 10.5. The van der Waals surface area contributed by atoms with Crippen LogP contribution in [0.4, 0.5) is 0 Å². The highest BCUT2D eigenvalue weighted by atomic mass is 16.5. The molecule has 0 bridgehead atoms. The zero-order valence-corrected chi connectivity index (χ0v) is 11.3. The highest BCUT2D eigenvalue weighted by molar-refractivity contribution is 5.07. The number of β-amino-alcohol motifs (C(OH)–C–C–N with tert-alkyl or cyclic N) is 1. The van der Waals surface area contributed by atoms with Crippen molar-refractivity contribution in [2.24, 2.45) is 0 Å². The number of rotatable bonds is 2. The van der Waals surface area contributed by atoms with Crippen LogP contribution in [0.15, 0.2) is 4.52 Å². The van der Waals surface area contributed by atoms with Crippen LogP contribution in [-0.4, -0.2) is 34.9 Å². The van der Waals surface area contributed by atoms with Gasteiger partial charge in [-0.15, -0.1) is 0 Å². The Balaban J connectivity index is 1.82. The second-order valence-corrected chi connectivity index (χ2v) is 5.77. The first-order valence-corrected chi connectivity index (χ1v) is 7.04. The Labute approximate surface area is 112 Å². The van der Waals surface area contributed by atoms with Crippen LogP contribution >= 0.6 is 0 Å². The Morgan fingerprint density at radius 3 is 2.84 bits per heavy atom. The van der Waals surface area contributed by atoms with E-state index in [2.05, 4.69) is 15.5 Å². The molecule has 0 aromatic carbocycles. The van der Waals surface area contributed by atoms with Gasteiger partial charge in [-0.3, -0.25) is 0 Å². The fourth-order valence-electron chi connectivity index (χ4n) is 2.81. The summed E-state index contributed by atoms with van der Waals surface area (Å²) in [4.78, 5) is 4.41. The van der Waals surface area contributed by atoms with Gasteiger partial charge >= 0.3 is 0 Å². The molecule has 2 saturated heterocycles. The summed E-state index contributed by atoms with van der Waals surface area (Å²) in [5.74, 6) is 0.867. The SMILES string of the molecule is CC1(c2noc(C3(O)CCCNC3)n2)CCCCO1. The number of hydrogen-bond acceptors (Lipinski definition) is 6. The monoisotopic (exact) mass is 267 g/mol. The fraction of sp³-hybridized carbons (Fsp3) is 0.846. The van der Waals surface area contributed by atoms with E-state index in [0.717, 1.165) is 38.8 Å². The van der Waals surface area contributed by atoms with Crippen molar-refractivity contribution in [1.29, 1.82) is 0 Å². The van der Waals surface area contributed by atoms with E-state index < -0.39 is 11.2 Å². The molecule has 2 fully saturated rings. The van der Waals surface area contributed by atoms with Gasteiger partial charge in [-0.1, -0.05) is 5.16 Å². The van der Waals surface area contributed by atoms with Crippen molar-refractivity contribution in [3.05, 3.63) is 11.7 Å². The van der Waals surface area contributed by atoms with E-state index in [4.69, 9.17) is 9.26 Å². The van der Waals surface area contributed by atoms with Crippen LogP contribution < -0.4 is 5.32 Å². The van der Waals surface area contributed by atoms with Gasteiger partial charge in [0.1, 0.15) is 5.60 Å². The van der Waals surface area contributed by atoms with Gasteiger partial charge in [-0.2, -0.15) is 4.98 Å². The van der Waals surface area contributed by atoms with E-state index in [0.29, 0.717) is 24.7 Å². The van der Waals surface area contributed by atoms with E-state index in [1.807, 2.05) is 6.92 Å². The third kappa shape index (κ3) is 2.40. The lowest BCUT2D eigenvalue weighted by Crippen LogP contribution is -2.43. The Bertz CT molecular complexity index is 396. The second kappa shape index (κ2) is 4.85. The van der Waals surface area contributed by atoms with Crippen LogP contribution in [-0.2, 0) is 15.9 Å². The maximum atomic E-state index is 10.5. The first-order valence-electron chi connectivity index (χ1n) is 7.04. The quantitative estimate of drug-likeness (QED) is 0.834. The topological polar surface area (TPSA) is 80.4 Å². The van der Waals surface area contributed by atoms with E-state index >= 15 is 0 Å². The average molecular weight is 267 g/mol. The molecule has 0 saturated carbocycles. The van der Waals surface area contributed by atoms with Gasteiger partial charge in [-0.25, -0.2) is 0 Å². The van der Waals surface area contributed by atoms with Crippen molar-refractivity contribution in [2.75, 3.05) is 19.7 Å². The molecule has 2 aliphatic rings. The normalized spacial score (nSPS) is 36.3. The minimum Gasteiger partial charge on any atom is -0.379 e. The summed E-state index contributed by atoms with van der Waals surface area (Å²) in [7, 11) is 0. The summed E-state index contributed by atoms with van der Waals surface area (Å²) in [6, 6.07) is 0. The Kier molecular flexibility index (Phi) is 3.32. The number of nitrogens with zero attached hydrogens (tertiary/aromatic N) is 2. The third-order valence-electron chi connectivity index (χ3n) is 4.13. The summed E-state index contributed by atoms with van der Waals surface area (Å²) in [6.45, 7) is 4.10. The second-order valence-electron chi connectivity index (χ2n) is 5.77. The zero-order chi connectivity index (χ0) is 13.3. The zero-order valence-electron chi connectivity index (χ0n) is 11.3. The number of aliphatic hydroxyl groups is 1. The van der Waals surface area contributed by atoms with E-state index in [9.17, 15) is 5.11 Å². The largest absolute Gasteiger partial charge is 0.379 e. The standard InChI is InChI=1S/C13H21N3O3/c1-12(5-2-3-8-18-12)10-15-11(19-16-10)13(17)6-4-7-14-9-13/h14,17H,2-9H2,1H3.